The number of hydrogen-bond donors (Lipinski definition) is 2. The minimum Gasteiger partial charge on any atom is -0.438 e. The van der Waals surface area contributed by atoms with Gasteiger partial charge in [-0.1, -0.05) is 74.0 Å². The molecule has 2 N–H and O–H groups in total. The van der Waals surface area contributed by atoms with E-state index in [1.165, 1.54) is 4.90 Å². The molecule has 7 nitrogen and oxygen atoms in total. The van der Waals surface area contributed by atoms with Crippen molar-refractivity contribution in [3.8, 4) is 0 Å². The summed E-state index contributed by atoms with van der Waals surface area (Å²) in [5.74, 6) is -0.571. The fourth-order valence-electron chi connectivity index (χ4n) is 4.00. The number of hydrogen-bond acceptors (Lipinski definition) is 4. The van der Waals surface area contributed by atoms with Crippen LogP contribution in [0.2, 0.25) is 0 Å². The first-order valence-corrected chi connectivity index (χ1v) is 11.6. The average Bonchev–Trinajstić information content (AvgIpc) is 3.16. The maximum Gasteiger partial charge on any atom is 0.411 e. The number of nitrogens with zero attached hydrogens (tertiary/aromatic N) is 1. The summed E-state index contributed by atoms with van der Waals surface area (Å²) in [7, 11) is 0. The van der Waals surface area contributed by atoms with Crippen LogP contribution >= 0.6 is 0 Å². The number of anilines is 2. The second-order valence-electron chi connectivity index (χ2n) is 8.99. The molecule has 0 radical (unpaired) electrons. The van der Waals surface area contributed by atoms with Crippen LogP contribution in [0.5, 0.6) is 0 Å². The predicted molar refractivity (Wildman–Crippen MR) is 135 cm³/mol. The predicted octanol–water partition coefficient (Wildman–Crippen LogP) is 5.29. The van der Waals surface area contributed by atoms with Crippen molar-refractivity contribution >= 4 is 29.3 Å². The number of nitrogens with one attached hydrogen (secondary N) is 2. The van der Waals surface area contributed by atoms with E-state index in [0.29, 0.717) is 16.9 Å². The smallest absolute Gasteiger partial charge is 0.411 e. The van der Waals surface area contributed by atoms with Crippen LogP contribution in [-0.2, 0) is 20.9 Å². The van der Waals surface area contributed by atoms with Gasteiger partial charge in [0, 0.05) is 17.3 Å². The summed E-state index contributed by atoms with van der Waals surface area (Å²) in [6.45, 7) is 5.86. The van der Waals surface area contributed by atoms with Crippen molar-refractivity contribution in [2.24, 2.45) is 5.92 Å². The van der Waals surface area contributed by atoms with Gasteiger partial charge in [0.05, 0.1) is 6.54 Å². The van der Waals surface area contributed by atoms with Gasteiger partial charge in [0.2, 0.25) is 5.91 Å². The lowest BCUT2D eigenvalue weighted by Gasteiger charge is -2.24. The molecule has 3 aromatic rings. The maximum atomic E-state index is 13.5. The number of amides is 3. The van der Waals surface area contributed by atoms with Crippen molar-refractivity contribution in [1.82, 2.24) is 4.90 Å². The summed E-state index contributed by atoms with van der Waals surface area (Å²) >= 11 is 0. The van der Waals surface area contributed by atoms with E-state index in [0.717, 1.165) is 11.1 Å². The lowest BCUT2D eigenvalue weighted by atomic mass is 10.00. The lowest BCUT2D eigenvalue weighted by Crippen LogP contribution is -2.43. The van der Waals surface area contributed by atoms with Crippen molar-refractivity contribution in [2.75, 3.05) is 10.6 Å². The van der Waals surface area contributed by atoms with Crippen LogP contribution < -0.4 is 10.6 Å². The first-order valence-electron chi connectivity index (χ1n) is 11.6. The van der Waals surface area contributed by atoms with Crippen LogP contribution in [0.25, 0.3) is 0 Å². The number of aryl methyl sites for hydroxylation is 1. The highest BCUT2D eigenvalue weighted by atomic mass is 16.6. The van der Waals surface area contributed by atoms with Crippen molar-refractivity contribution in [1.29, 1.82) is 0 Å². The van der Waals surface area contributed by atoms with Gasteiger partial charge in [-0.05, 0) is 42.3 Å². The van der Waals surface area contributed by atoms with Gasteiger partial charge in [0.1, 0.15) is 0 Å². The van der Waals surface area contributed by atoms with Crippen molar-refractivity contribution in [2.45, 2.75) is 39.5 Å². The first-order chi connectivity index (χ1) is 16.8. The molecule has 3 aromatic carbocycles. The number of carbonyl (C=O) groups excluding carboxylic acids is 3. The summed E-state index contributed by atoms with van der Waals surface area (Å²) in [6.07, 6.45) is -1.35. The summed E-state index contributed by atoms with van der Waals surface area (Å²) in [5.41, 5.74) is 3.92. The molecule has 0 saturated carbocycles. The van der Waals surface area contributed by atoms with Gasteiger partial charge in [0.15, 0.2) is 12.1 Å². The summed E-state index contributed by atoms with van der Waals surface area (Å²) < 4.78 is 5.73. The highest BCUT2D eigenvalue weighted by Gasteiger charge is 2.47. The Morgan fingerprint density at radius 3 is 2.26 bits per heavy atom. The van der Waals surface area contributed by atoms with Gasteiger partial charge >= 0.3 is 6.09 Å². The quantitative estimate of drug-likeness (QED) is 0.490. The van der Waals surface area contributed by atoms with E-state index in [1.807, 2.05) is 63.2 Å². The molecule has 0 aromatic heterocycles. The molecule has 2 atom stereocenters. The minimum atomic E-state index is -0.876. The van der Waals surface area contributed by atoms with E-state index in [1.54, 1.807) is 36.4 Å². The van der Waals surface area contributed by atoms with E-state index >= 15 is 0 Å². The lowest BCUT2D eigenvalue weighted by molar-refractivity contribution is -0.121. The average molecular weight is 472 g/mol. The summed E-state index contributed by atoms with van der Waals surface area (Å²) in [6, 6.07) is 23.1. The third-order valence-corrected chi connectivity index (χ3v) is 5.86. The number of benzene rings is 3. The normalized spacial score (nSPS) is 17.3. The summed E-state index contributed by atoms with van der Waals surface area (Å²) in [5, 5.41) is 5.76. The fraction of sp³-hybridized carbons (Fsp3) is 0.250. The second-order valence-corrected chi connectivity index (χ2v) is 8.99. The SMILES string of the molecule is Cc1cccc(CN2C(=O)O[C@H](c3ccc(NC(=O)C(C)C)cc3)[C@@H]2C(=O)Nc2ccccc2)c1. The molecule has 1 saturated heterocycles. The highest BCUT2D eigenvalue weighted by Crippen LogP contribution is 2.35. The zero-order valence-corrected chi connectivity index (χ0v) is 20.0. The van der Waals surface area contributed by atoms with E-state index < -0.39 is 18.2 Å². The zero-order valence-electron chi connectivity index (χ0n) is 20.0. The maximum absolute atomic E-state index is 13.5. The number of para-hydroxylation sites is 1. The Hall–Kier alpha value is -4.13. The molecule has 0 unspecified atom stereocenters. The van der Waals surface area contributed by atoms with E-state index in [-0.39, 0.29) is 24.3 Å². The standard InChI is InChI=1S/C28H29N3O4/c1-18(2)26(32)29-23-14-12-21(13-15-23)25-24(27(33)30-22-10-5-4-6-11-22)31(28(34)35-25)17-20-9-7-8-19(3)16-20/h4-16,18,24-25H,17H2,1-3H3,(H,29,32)(H,30,33)/t24-,25-/m1/s1. The Morgan fingerprint density at radius 1 is 0.914 bits per heavy atom. The molecular formula is C28H29N3O4. The van der Waals surface area contributed by atoms with Crippen molar-refractivity contribution < 1.29 is 19.1 Å². The topological polar surface area (TPSA) is 87.7 Å². The van der Waals surface area contributed by atoms with Gasteiger partial charge in [-0.3, -0.25) is 14.5 Å². The van der Waals surface area contributed by atoms with Crippen LogP contribution in [0, 0.1) is 12.8 Å². The Morgan fingerprint density at radius 2 is 1.60 bits per heavy atom. The van der Waals surface area contributed by atoms with E-state index in [4.69, 9.17) is 4.74 Å². The molecular weight excluding hydrogens is 442 g/mol. The first kappa shape index (κ1) is 24.0. The van der Waals surface area contributed by atoms with Gasteiger partial charge in [-0.2, -0.15) is 0 Å². The summed E-state index contributed by atoms with van der Waals surface area (Å²) in [4.78, 5) is 39.9. The van der Waals surface area contributed by atoms with Crippen LogP contribution in [0.4, 0.5) is 16.2 Å². The Kier molecular flexibility index (Phi) is 7.15. The molecule has 1 aliphatic heterocycles. The van der Waals surface area contributed by atoms with E-state index in [9.17, 15) is 14.4 Å². The molecule has 4 rings (SSSR count). The van der Waals surface area contributed by atoms with Crippen LogP contribution in [0.3, 0.4) is 0 Å². The molecule has 1 fully saturated rings. The molecule has 1 heterocycles. The van der Waals surface area contributed by atoms with Crippen LogP contribution in [0.15, 0.2) is 78.9 Å². The van der Waals surface area contributed by atoms with Gasteiger partial charge in [-0.15, -0.1) is 0 Å². The molecule has 0 bridgehead atoms. The third-order valence-electron chi connectivity index (χ3n) is 5.86. The Labute approximate surface area is 205 Å². The Balaban J connectivity index is 1.62. The molecule has 180 valence electrons. The molecule has 0 spiro atoms. The molecule has 1 aliphatic rings. The number of cyclic esters (lactones) is 1. The third kappa shape index (κ3) is 5.69. The minimum absolute atomic E-state index is 0.0884. The van der Waals surface area contributed by atoms with Crippen molar-refractivity contribution in [3.05, 3.63) is 95.6 Å². The van der Waals surface area contributed by atoms with Gasteiger partial charge in [0.25, 0.3) is 5.91 Å². The Bertz CT molecular complexity index is 1210. The zero-order chi connectivity index (χ0) is 24.9. The molecule has 0 aliphatic carbocycles. The van der Waals surface area contributed by atoms with Gasteiger partial charge in [-0.25, -0.2) is 4.79 Å². The largest absolute Gasteiger partial charge is 0.438 e. The molecule has 35 heavy (non-hydrogen) atoms. The molecule has 3 amide bonds. The number of rotatable bonds is 7. The van der Waals surface area contributed by atoms with E-state index in [2.05, 4.69) is 10.6 Å². The number of ether oxygens (including phenoxy) is 1. The van der Waals surface area contributed by atoms with Crippen LogP contribution in [0.1, 0.15) is 36.6 Å². The molecule has 7 heteroatoms. The van der Waals surface area contributed by atoms with Crippen molar-refractivity contribution in [3.63, 3.8) is 0 Å². The van der Waals surface area contributed by atoms with Crippen LogP contribution in [-0.4, -0.2) is 28.8 Å². The fourth-order valence-corrected chi connectivity index (χ4v) is 4.00. The highest BCUT2D eigenvalue weighted by molar-refractivity contribution is 5.98. The monoisotopic (exact) mass is 471 g/mol. The van der Waals surface area contributed by atoms with Gasteiger partial charge < -0.3 is 15.4 Å². The number of carbonyl (C=O) groups is 3. The second kappa shape index (κ2) is 10.4.